The van der Waals surface area contributed by atoms with Crippen LogP contribution in [-0.2, 0) is 11.3 Å². The van der Waals surface area contributed by atoms with E-state index in [0.717, 1.165) is 0 Å². The van der Waals surface area contributed by atoms with Gasteiger partial charge in [-0.3, -0.25) is 0 Å². The lowest BCUT2D eigenvalue weighted by molar-refractivity contribution is 0.0830. The third kappa shape index (κ3) is 4.00. The van der Waals surface area contributed by atoms with Gasteiger partial charge in [-0.05, 0) is 0 Å². The lowest BCUT2D eigenvalue weighted by Crippen LogP contribution is -2.49. The first kappa shape index (κ1) is 15.6. The smallest absolute Gasteiger partial charge is 0.158 e. The van der Waals surface area contributed by atoms with E-state index in [-0.39, 0.29) is 6.61 Å². The van der Waals surface area contributed by atoms with Crippen LogP contribution in [0.5, 0.6) is 0 Å². The molecule has 0 amide bonds. The van der Waals surface area contributed by atoms with E-state index < -0.39 is 25.4 Å². The minimum absolute atomic E-state index is 0.231. The molecule has 0 unspecified atom stereocenters. The lowest BCUT2D eigenvalue weighted by Gasteiger charge is -2.29. The summed E-state index contributed by atoms with van der Waals surface area (Å²) in [6.45, 7) is -1.07. The Morgan fingerprint density at radius 1 is 1.16 bits per heavy atom. The second-order valence-corrected chi connectivity index (χ2v) is 4.12. The summed E-state index contributed by atoms with van der Waals surface area (Å²) in [4.78, 5) is 8.35. The zero-order valence-electron chi connectivity index (χ0n) is 11.1. The summed E-state index contributed by atoms with van der Waals surface area (Å²) in [5.41, 5.74) is -1.23. The largest absolute Gasteiger partial charge is 0.394 e. The molecule has 1 aromatic rings. The van der Waals surface area contributed by atoms with Crippen molar-refractivity contribution in [3.8, 4) is 0 Å². The Morgan fingerprint density at radius 2 is 1.74 bits per heavy atom. The Morgan fingerprint density at radius 3 is 2.21 bits per heavy atom. The van der Waals surface area contributed by atoms with Crippen LogP contribution in [0.1, 0.15) is 5.82 Å². The predicted molar refractivity (Wildman–Crippen MR) is 69.9 cm³/mol. The first-order valence-electron chi connectivity index (χ1n) is 5.78. The van der Waals surface area contributed by atoms with E-state index in [9.17, 15) is 15.3 Å². The van der Waals surface area contributed by atoms with Gasteiger partial charge in [0, 0.05) is 20.2 Å². The van der Waals surface area contributed by atoms with Crippen LogP contribution in [0.25, 0.3) is 0 Å². The van der Waals surface area contributed by atoms with Gasteiger partial charge in [0.2, 0.25) is 0 Å². The summed E-state index contributed by atoms with van der Waals surface area (Å²) in [5.74, 6) is 1.38. The van der Waals surface area contributed by atoms with Crippen molar-refractivity contribution in [3.05, 3.63) is 11.9 Å². The normalized spacial score (nSPS) is 11.4. The van der Waals surface area contributed by atoms with Crippen LogP contribution in [0.15, 0.2) is 6.07 Å². The quantitative estimate of drug-likeness (QED) is 0.400. The Labute approximate surface area is 111 Å². The molecule has 0 fully saturated rings. The van der Waals surface area contributed by atoms with Crippen molar-refractivity contribution < 1.29 is 20.1 Å². The molecule has 1 rings (SSSR count). The fourth-order valence-corrected chi connectivity index (χ4v) is 1.42. The molecule has 0 aliphatic carbocycles. The van der Waals surface area contributed by atoms with E-state index in [1.165, 1.54) is 7.11 Å². The molecule has 19 heavy (non-hydrogen) atoms. The third-order valence-corrected chi connectivity index (χ3v) is 2.60. The average Bonchev–Trinajstić information content (AvgIpc) is 2.45. The van der Waals surface area contributed by atoms with E-state index >= 15 is 0 Å². The van der Waals surface area contributed by atoms with Gasteiger partial charge < -0.3 is 30.7 Å². The Kier molecular flexibility index (Phi) is 5.90. The second-order valence-electron chi connectivity index (χ2n) is 4.12. The van der Waals surface area contributed by atoms with E-state index in [2.05, 4.69) is 20.6 Å². The Hall–Kier alpha value is -1.48. The molecule has 0 aliphatic heterocycles. The van der Waals surface area contributed by atoms with Crippen molar-refractivity contribution in [2.45, 2.75) is 12.1 Å². The van der Waals surface area contributed by atoms with Gasteiger partial charge in [0.25, 0.3) is 0 Å². The highest BCUT2D eigenvalue weighted by atomic mass is 16.5. The number of methoxy groups -OCH3 is 1. The molecule has 0 bridgehead atoms. The number of aromatic nitrogens is 2. The first-order valence-corrected chi connectivity index (χ1v) is 5.78. The maximum absolute atomic E-state index is 9.27. The summed E-state index contributed by atoms with van der Waals surface area (Å²) in [6, 6.07) is 1.61. The van der Waals surface area contributed by atoms with Crippen LogP contribution in [-0.4, -0.2) is 64.8 Å². The summed E-state index contributed by atoms with van der Waals surface area (Å²) >= 11 is 0. The number of ether oxygens (including phenoxy) is 1. The van der Waals surface area contributed by atoms with Crippen LogP contribution in [0, 0.1) is 0 Å². The van der Waals surface area contributed by atoms with Gasteiger partial charge in [-0.25, -0.2) is 9.97 Å². The number of anilines is 2. The molecule has 0 atom stereocenters. The first-order chi connectivity index (χ1) is 9.12. The molecular formula is C11H20N4O4. The molecule has 0 aromatic carbocycles. The standard InChI is InChI=1S/C11H20N4O4/c1-12-8-3-9(14-10(13-8)4-19-2)15-11(5-16,6-17)7-18/h3,16-18H,4-7H2,1-2H3,(H2,12,13,14,15). The van der Waals surface area contributed by atoms with Crippen LogP contribution in [0.2, 0.25) is 0 Å². The average molecular weight is 272 g/mol. The monoisotopic (exact) mass is 272 g/mol. The van der Waals surface area contributed by atoms with Crippen LogP contribution in [0.3, 0.4) is 0 Å². The molecule has 1 aromatic heterocycles. The molecule has 0 radical (unpaired) electrons. The summed E-state index contributed by atoms with van der Waals surface area (Å²) in [6.07, 6.45) is 0. The highest BCUT2D eigenvalue weighted by Gasteiger charge is 2.28. The highest BCUT2D eigenvalue weighted by molar-refractivity contribution is 5.48. The zero-order chi connectivity index (χ0) is 14.3. The van der Waals surface area contributed by atoms with Crippen molar-refractivity contribution in [2.24, 2.45) is 0 Å². The van der Waals surface area contributed by atoms with Crippen LogP contribution >= 0.6 is 0 Å². The van der Waals surface area contributed by atoms with Crippen molar-refractivity contribution in [1.82, 2.24) is 9.97 Å². The minimum Gasteiger partial charge on any atom is -0.394 e. The Bertz CT molecular complexity index is 390. The number of nitrogens with one attached hydrogen (secondary N) is 2. The molecule has 8 heteroatoms. The molecule has 1 heterocycles. The summed E-state index contributed by atoms with van der Waals surface area (Å²) < 4.78 is 4.96. The number of nitrogens with zero attached hydrogens (tertiary/aromatic N) is 2. The van der Waals surface area contributed by atoms with Gasteiger partial charge in [0.1, 0.15) is 23.8 Å². The van der Waals surface area contributed by atoms with E-state index in [1.807, 2.05) is 0 Å². The molecule has 8 nitrogen and oxygen atoms in total. The van der Waals surface area contributed by atoms with E-state index in [0.29, 0.717) is 17.5 Å². The van der Waals surface area contributed by atoms with Gasteiger partial charge in [-0.1, -0.05) is 0 Å². The molecule has 0 aliphatic rings. The maximum atomic E-state index is 9.27. The molecule has 0 saturated heterocycles. The van der Waals surface area contributed by atoms with Crippen molar-refractivity contribution in [1.29, 1.82) is 0 Å². The number of hydrogen-bond donors (Lipinski definition) is 5. The van der Waals surface area contributed by atoms with Crippen molar-refractivity contribution in [2.75, 3.05) is 44.6 Å². The van der Waals surface area contributed by atoms with Gasteiger partial charge in [0.05, 0.1) is 19.8 Å². The third-order valence-electron chi connectivity index (χ3n) is 2.60. The van der Waals surface area contributed by atoms with Crippen LogP contribution < -0.4 is 10.6 Å². The predicted octanol–water partition coefficient (Wildman–Crippen LogP) is -1.21. The van der Waals surface area contributed by atoms with Gasteiger partial charge in [-0.2, -0.15) is 0 Å². The summed E-state index contributed by atoms with van der Waals surface area (Å²) in [7, 11) is 3.24. The van der Waals surface area contributed by atoms with Crippen molar-refractivity contribution in [3.63, 3.8) is 0 Å². The fourth-order valence-electron chi connectivity index (χ4n) is 1.42. The molecule has 5 N–H and O–H groups in total. The number of hydrogen-bond acceptors (Lipinski definition) is 8. The fraction of sp³-hybridized carbons (Fsp3) is 0.636. The topological polar surface area (TPSA) is 120 Å². The zero-order valence-corrected chi connectivity index (χ0v) is 11.1. The minimum atomic E-state index is -1.23. The van der Waals surface area contributed by atoms with Gasteiger partial charge in [0.15, 0.2) is 5.82 Å². The number of aliphatic hydroxyl groups excluding tert-OH is 3. The van der Waals surface area contributed by atoms with E-state index in [4.69, 9.17) is 4.74 Å². The SMILES string of the molecule is CNc1cc(NC(CO)(CO)CO)nc(COC)n1. The number of rotatable bonds is 8. The Balaban J connectivity index is 3.01. The molecule has 108 valence electrons. The van der Waals surface area contributed by atoms with Gasteiger partial charge >= 0.3 is 0 Å². The van der Waals surface area contributed by atoms with Crippen molar-refractivity contribution >= 4 is 11.6 Å². The molecular weight excluding hydrogens is 252 g/mol. The van der Waals surface area contributed by atoms with Gasteiger partial charge in [-0.15, -0.1) is 0 Å². The summed E-state index contributed by atoms with van der Waals surface area (Å²) in [5, 5.41) is 33.5. The second kappa shape index (κ2) is 7.19. The molecule has 0 spiro atoms. The molecule has 0 saturated carbocycles. The number of aliphatic hydroxyl groups is 3. The highest BCUT2D eigenvalue weighted by Crippen LogP contribution is 2.16. The van der Waals surface area contributed by atoms with Crippen LogP contribution in [0.4, 0.5) is 11.6 Å². The van der Waals surface area contributed by atoms with E-state index in [1.54, 1.807) is 13.1 Å². The maximum Gasteiger partial charge on any atom is 0.158 e. The lowest BCUT2D eigenvalue weighted by atomic mass is 10.0.